The van der Waals surface area contributed by atoms with E-state index in [-0.39, 0.29) is 17.6 Å². The molecule has 0 aliphatic heterocycles. The Morgan fingerprint density at radius 3 is 2.75 bits per heavy atom. The summed E-state index contributed by atoms with van der Waals surface area (Å²) in [5.74, 6) is 0.463. The van der Waals surface area contributed by atoms with E-state index >= 15 is 0 Å². The molecule has 2 rings (SSSR count). The zero-order valence-corrected chi connectivity index (χ0v) is 11.6. The molecule has 0 saturated heterocycles. The minimum absolute atomic E-state index is 0.103. The quantitative estimate of drug-likeness (QED) is 0.832. The van der Waals surface area contributed by atoms with E-state index in [1.165, 1.54) is 0 Å². The lowest BCUT2D eigenvalue weighted by atomic mass is 10.3. The number of hydrogen-bond donors (Lipinski definition) is 2. The fourth-order valence-electron chi connectivity index (χ4n) is 1.64. The van der Waals surface area contributed by atoms with E-state index in [1.54, 1.807) is 25.4 Å². The Morgan fingerprint density at radius 2 is 2.00 bits per heavy atom. The number of para-hydroxylation sites is 2. The van der Waals surface area contributed by atoms with Crippen molar-refractivity contribution in [2.75, 3.05) is 24.3 Å². The van der Waals surface area contributed by atoms with Crippen LogP contribution < -0.4 is 15.4 Å². The zero-order chi connectivity index (χ0) is 14.4. The number of pyridine rings is 1. The van der Waals surface area contributed by atoms with Gasteiger partial charge in [0.05, 0.1) is 25.0 Å². The van der Waals surface area contributed by atoms with Crippen molar-refractivity contribution in [3.8, 4) is 5.75 Å². The van der Waals surface area contributed by atoms with Gasteiger partial charge in [-0.3, -0.25) is 4.79 Å². The molecule has 1 aromatic heterocycles. The van der Waals surface area contributed by atoms with Gasteiger partial charge in [-0.1, -0.05) is 23.7 Å². The first-order valence-electron chi connectivity index (χ1n) is 5.98. The molecule has 0 spiro atoms. The molecule has 1 amide bonds. The predicted molar refractivity (Wildman–Crippen MR) is 79.4 cm³/mol. The maximum Gasteiger partial charge on any atom is 0.243 e. The van der Waals surface area contributed by atoms with E-state index in [9.17, 15) is 4.79 Å². The minimum Gasteiger partial charge on any atom is -0.495 e. The number of anilines is 2. The first-order chi connectivity index (χ1) is 9.70. The summed E-state index contributed by atoms with van der Waals surface area (Å²) in [5.41, 5.74) is 1.24. The molecule has 0 aliphatic carbocycles. The summed E-state index contributed by atoms with van der Waals surface area (Å²) in [4.78, 5) is 15.7. The number of halogens is 1. The molecule has 1 heterocycles. The van der Waals surface area contributed by atoms with E-state index in [0.717, 1.165) is 5.69 Å². The SMILES string of the molecule is COc1ccccc1NCC(=O)Nc1cccnc1Cl. The number of methoxy groups -OCH3 is 1. The monoisotopic (exact) mass is 291 g/mol. The first-order valence-corrected chi connectivity index (χ1v) is 6.36. The largest absolute Gasteiger partial charge is 0.495 e. The lowest BCUT2D eigenvalue weighted by molar-refractivity contribution is -0.114. The molecule has 0 bridgehead atoms. The molecule has 104 valence electrons. The Bertz CT molecular complexity index is 604. The average Bonchev–Trinajstić information content (AvgIpc) is 2.48. The third kappa shape index (κ3) is 3.61. The molecular formula is C14H14ClN3O2. The second-order valence-corrected chi connectivity index (χ2v) is 4.30. The van der Waals surface area contributed by atoms with Gasteiger partial charge >= 0.3 is 0 Å². The van der Waals surface area contributed by atoms with Crippen LogP contribution in [0.3, 0.4) is 0 Å². The first kappa shape index (κ1) is 14.1. The summed E-state index contributed by atoms with van der Waals surface area (Å²) in [6.07, 6.45) is 1.56. The molecule has 0 radical (unpaired) electrons. The average molecular weight is 292 g/mol. The summed E-state index contributed by atoms with van der Waals surface area (Å²) in [6, 6.07) is 10.8. The van der Waals surface area contributed by atoms with Crippen molar-refractivity contribution in [3.05, 3.63) is 47.7 Å². The van der Waals surface area contributed by atoms with E-state index in [4.69, 9.17) is 16.3 Å². The molecule has 0 aliphatic rings. The normalized spacial score (nSPS) is 9.90. The van der Waals surface area contributed by atoms with Crippen LogP contribution >= 0.6 is 11.6 Å². The van der Waals surface area contributed by atoms with Crippen molar-refractivity contribution in [2.45, 2.75) is 0 Å². The molecule has 0 unspecified atom stereocenters. The number of hydrogen-bond acceptors (Lipinski definition) is 4. The Morgan fingerprint density at radius 1 is 1.25 bits per heavy atom. The van der Waals surface area contributed by atoms with Crippen LogP contribution in [-0.4, -0.2) is 24.5 Å². The highest BCUT2D eigenvalue weighted by Gasteiger charge is 2.07. The number of nitrogens with one attached hydrogen (secondary N) is 2. The van der Waals surface area contributed by atoms with Crippen molar-refractivity contribution >= 4 is 28.9 Å². The smallest absolute Gasteiger partial charge is 0.243 e. The number of carbonyl (C=O) groups excluding carboxylic acids is 1. The van der Waals surface area contributed by atoms with Crippen LogP contribution in [-0.2, 0) is 4.79 Å². The van der Waals surface area contributed by atoms with Crippen LogP contribution in [0.2, 0.25) is 5.15 Å². The molecule has 6 heteroatoms. The Kier molecular flexibility index (Phi) is 4.79. The molecule has 0 saturated carbocycles. The summed E-state index contributed by atoms with van der Waals surface area (Å²) < 4.78 is 5.19. The van der Waals surface area contributed by atoms with Crippen molar-refractivity contribution in [1.82, 2.24) is 4.98 Å². The van der Waals surface area contributed by atoms with Crippen LogP contribution in [0.15, 0.2) is 42.6 Å². The molecule has 5 nitrogen and oxygen atoms in total. The van der Waals surface area contributed by atoms with Crippen molar-refractivity contribution in [2.24, 2.45) is 0 Å². The topological polar surface area (TPSA) is 63.2 Å². The van der Waals surface area contributed by atoms with Crippen LogP contribution in [0.1, 0.15) is 0 Å². The lowest BCUT2D eigenvalue weighted by Crippen LogP contribution is -2.22. The Labute approximate surface area is 121 Å². The fraction of sp³-hybridized carbons (Fsp3) is 0.143. The van der Waals surface area contributed by atoms with Gasteiger partial charge in [-0.15, -0.1) is 0 Å². The van der Waals surface area contributed by atoms with E-state index in [0.29, 0.717) is 11.4 Å². The third-order valence-electron chi connectivity index (χ3n) is 2.58. The van der Waals surface area contributed by atoms with Gasteiger partial charge in [0.2, 0.25) is 5.91 Å². The number of aromatic nitrogens is 1. The highest BCUT2D eigenvalue weighted by atomic mass is 35.5. The molecule has 2 aromatic rings. The van der Waals surface area contributed by atoms with Crippen LogP contribution in [0, 0.1) is 0 Å². The fourth-order valence-corrected chi connectivity index (χ4v) is 1.81. The van der Waals surface area contributed by atoms with Crippen LogP contribution in [0.4, 0.5) is 11.4 Å². The predicted octanol–water partition coefficient (Wildman–Crippen LogP) is 2.79. The number of nitrogens with zero attached hydrogens (tertiary/aromatic N) is 1. The highest BCUT2D eigenvalue weighted by molar-refractivity contribution is 6.32. The molecule has 2 N–H and O–H groups in total. The summed E-state index contributed by atoms with van der Waals surface area (Å²) in [7, 11) is 1.58. The number of amides is 1. The van der Waals surface area contributed by atoms with Gasteiger partial charge in [-0.2, -0.15) is 0 Å². The van der Waals surface area contributed by atoms with E-state index in [1.807, 2.05) is 24.3 Å². The number of rotatable bonds is 5. The third-order valence-corrected chi connectivity index (χ3v) is 2.88. The standard InChI is InChI=1S/C14H14ClN3O2/c1-20-12-7-3-2-5-10(12)17-9-13(19)18-11-6-4-8-16-14(11)15/h2-8,17H,9H2,1H3,(H,18,19). The van der Waals surface area contributed by atoms with E-state index in [2.05, 4.69) is 15.6 Å². The number of carbonyl (C=O) groups is 1. The Hall–Kier alpha value is -2.27. The van der Waals surface area contributed by atoms with Gasteiger partial charge in [0.25, 0.3) is 0 Å². The molecule has 20 heavy (non-hydrogen) atoms. The lowest BCUT2D eigenvalue weighted by Gasteiger charge is -2.11. The molecule has 0 atom stereocenters. The van der Waals surface area contributed by atoms with Gasteiger partial charge in [-0.25, -0.2) is 4.98 Å². The van der Waals surface area contributed by atoms with Gasteiger partial charge < -0.3 is 15.4 Å². The van der Waals surface area contributed by atoms with Crippen molar-refractivity contribution in [1.29, 1.82) is 0 Å². The highest BCUT2D eigenvalue weighted by Crippen LogP contribution is 2.22. The van der Waals surface area contributed by atoms with E-state index < -0.39 is 0 Å². The summed E-state index contributed by atoms with van der Waals surface area (Å²) >= 11 is 5.87. The van der Waals surface area contributed by atoms with Gasteiger partial charge in [0.15, 0.2) is 5.15 Å². The van der Waals surface area contributed by atoms with Gasteiger partial charge in [0.1, 0.15) is 5.75 Å². The minimum atomic E-state index is -0.217. The second-order valence-electron chi connectivity index (χ2n) is 3.94. The van der Waals surface area contributed by atoms with Crippen molar-refractivity contribution < 1.29 is 9.53 Å². The molecule has 1 aromatic carbocycles. The summed E-state index contributed by atoms with van der Waals surface area (Å²) in [5, 5.41) is 5.95. The van der Waals surface area contributed by atoms with Crippen LogP contribution in [0.5, 0.6) is 5.75 Å². The zero-order valence-electron chi connectivity index (χ0n) is 10.9. The second kappa shape index (κ2) is 6.77. The van der Waals surface area contributed by atoms with Gasteiger partial charge in [-0.05, 0) is 24.3 Å². The number of benzene rings is 1. The van der Waals surface area contributed by atoms with Gasteiger partial charge in [0, 0.05) is 6.20 Å². The summed E-state index contributed by atoms with van der Waals surface area (Å²) in [6.45, 7) is 0.103. The molecule has 0 fully saturated rings. The van der Waals surface area contributed by atoms with Crippen molar-refractivity contribution in [3.63, 3.8) is 0 Å². The Balaban J connectivity index is 1.94. The maximum absolute atomic E-state index is 11.8. The number of ether oxygens (including phenoxy) is 1. The van der Waals surface area contributed by atoms with Crippen LogP contribution in [0.25, 0.3) is 0 Å². The maximum atomic E-state index is 11.8. The molecular weight excluding hydrogens is 278 g/mol.